The minimum absolute atomic E-state index is 0.00837. The molecule has 4 N–H and O–H groups in total. The van der Waals surface area contributed by atoms with Crippen LogP contribution in [0.3, 0.4) is 0 Å². The molecular formula is C19H28O6. The Balaban J connectivity index is 2.69. The Kier molecular flexibility index (Phi) is 8.09. The summed E-state index contributed by atoms with van der Waals surface area (Å²) in [5.41, 5.74) is 0.149. The first-order valence-electron chi connectivity index (χ1n) is 8.34. The number of hydrogen-bond acceptors (Lipinski definition) is 6. The summed E-state index contributed by atoms with van der Waals surface area (Å²) in [6.07, 6.45) is 2.55. The van der Waals surface area contributed by atoms with Crippen molar-refractivity contribution in [3.8, 4) is 5.75 Å². The second-order valence-electron chi connectivity index (χ2n) is 6.44. The molecule has 6 heteroatoms. The summed E-state index contributed by atoms with van der Waals surface area (Å²) < 4.78 is 4.91. The van der Waals surface area contributed by atoms with Crippen LogP contribution in [0.1, 0.15) is 33.5 Å². The van der Waals surface area contributed by atoms with E-state index in [9.17, 15) is 25.2 Å². The van der Waals surface area contributed by atoms with E-state index in [0.29, 0.717) is 0 Å². The first-order valence-corrected chi connectivity index (χ1v) is 8.34. The monoisotopic (exact) mass is 352 g/mol. The van der Waals surface area contributed by atoms with Gasteiger partial charge < -0.3 is 24.8 Å². The summed E-state index contributed by atoms with van der Waals surface area (Å²) in [6, 6.07) is 2.20. The topological polar surface area (TPSA) is 111 Å². The van der Waals surface area contributed by atoms with Crippen LogP contribution in [-0.2, 0) is 6.42 Å². The van der Waals surface area contributed by atoms with Gasteiger partial charge in [-0.05, 0) is 19.4 Å². The number of aromatic hydroxyl groups is 1. The number of allylic oxidation sites excluding steroid dienone is 1. The molecule has 0 fully saturated rings. The van der Waals surface area contributed by atoms with Gasteiger partial charge in [-0.3, -0.25) is 0 Å². The number of aliphatic hydroxyl groups excluding tert-OH is 3. The van der Waals surface area contributed by atoms with Crippen molar-refractivity contribution in [1.82, 2.24) is 0 Å². The van der Waals surface area contributed by atoms with E-state index in [4.69, 9.17) is 4.42 Å². The van der Waals surface area contributed by atoms with E-state index in [1.165, 1.54) is 6.07 Å². The van der Waals surface area contributed by atoms with Crippen molar-refractivity contribution in [3.05, 3.63) is 52.1 Å². The second kappa shape index (κ2) is 9.56. The molecule has 0 bridgehead atoms. The van der Waals surface area contributed by atoms with Crippen molar-refractivity contribution >= 4 is 0 Å². The van der Waals surface area contributed by atoms with Crippen molar-refractivity contribution in [2.24, 2.45) is 11.8 Å². The predicted octanol–water partition coefficient (Wildman–Crippen LogP) is 1.77. The summed E-state index contributed by atoms with van der Waals surface area (Å²) in [4.78, 5) is 11.2. The van der Waals surface area contributed by atoms with Gasteiger partial charge >= 0.3 is 5.63 Å². The first kappa shape index (κ1) is 21.2. The molecule has 0 aliphatic rings. The third-order valence-corrected chi connectivity index (χ3v) is 4.39. The van der Waals surface area contributed by atoms with E-state index >= 15 is 0 Å². The third kappa shape index (κ3) is 6.49. The van der Waals surface area contributed by atoms with E-state index in [1.807, 2.05) is 26.8 Å². The SMILES string of the molecule is CC=C(C)[C@H](O)[C@@H](C)C=C[C@H](O)[C@H](C)[C@H](O)Cc1cc(O)cc(=O)o1. The Labute approximate surface area is 147 Å². The molecule has 25 heavy (non-hydrogen) atoms. The molecule has 0 saturated carbocycles. The number of aliphatic hydroxyl groups is 3. The van der Waals surface area contributed by atoms with Gasteiger partial charge in [0.15, 0.2) is 0 Å². The van der Waals surface area contributed by atoms with Crippen molar-refractivity contribution < 1.29 is 24.8 Å². The summed E-state index contributed by atoms with van der Waals surface area (Å²) in [6.45, 7) is 7.19. The molecule has 0 spiro atoms. The van der Waals surface area contributed by atoms with Crippen LogP contribution >= 0.6 is 0 Å². The average molecular weight is 352 g/mol. The molecule has 0 aliphatic carbocycles. The zero-order valence-corrected chi connectivity index (χ0v) is 15.1. The van der Waals surface area contributed by atoms with Gasteiger partial charge in [0.2, 0.25) is 0 Å². The van der Waals surface area contributed by atoms with Gasteiger partial charge in [0.1, 0.15) is 11.5 Å². The van der Waals surface area contributed by atoms with Crippen molar-refractivity contribution in [2.45, 2.75) is 52.4 Å². The van der Waals surface area contributed by atoms with Crippen LogP contribution in [0.2, 0.25) is 0 Å². The zero-order valence-electron chi connectivity index (χ0n) is 15.1. The zero-order chi connectivity index (χ0) is 19.1. The molecule has 6 nitrogen and oxygen atoms in total. The maximum Gasteiger partial charge on any atom is 0.339 e. The Bertz CT molecular complexity index is 660. The van der Waals surface area contributed by atoms with Gasteiger partial charge in [-0.1, -0.05) is 32.1 Å². The largest absolute Gasteiger partial charge is 0.508 e. The summed E-state index contributed by atoms with van der Waals surface area (Å²) >= 11 is 0. The highest BCUT2D eigenvalue weighted by Gasteiger charge is 2.23. The fourth-order valence-electron chi connectivity index (χ4n) is 2.39. The van der Waals surface area contributed by atoms with Gasteiger partial charge in [-0.25, -0.2) is 4.79 Å². The van der Waals surface area contributed by atoms with Crippen molar-refractivity contribution in [1.29, 1.82) is 0 Å². The van der Waals surface area contributed by atoms with E-state index in [1.54, 1.807) is 19.1 Å². The second-order valence-corrected chi connectivity index (χ2v) is 6.44. The molecule has 0 aliphatic heterocycles. The van der Waals surface area contributed by atoms with Crippen molar-refractivity contribution in [3.63, 3.8) is 0 Å². The molecule has 1 rings (SSSR count). The molecule has 5 atom stereocenters. The fourth-order valence-corrected chi connectivity index (χ4v) is 2.39. The van der Waals surface area contributed by atoms with Crippen LogP contribution in [0.25, 0.3) is 0 Å². The highest BCUT2D eigenvalue weighted by atomic mass is 16.4. The standard InChI is InChI=1S/C19H28O6/c1-5-11(2)19(24)12(3)6-7-16(21)13(4)17(22)10-15-8-14(20)9-18(23)25-15/h5-9,12-13,16-17,19-22,24H,10H2,1-4H3/t12-,13-,16-,17+,19-/m0/s1. The lowest BCUT2D eigenvalue weighted by Gasteiger charge is -2.22. The molecule has 0 unspecified atom stereocenters. The Morgan fingerprint density at radius 2 is 1.84 bits per heavy atom. The molecule has 140 valence electrons. The highest BCUT2D eigenvalue weighted by molar-refractivity contribution is 5.19. The summed E-state index contributed by atoms with van der Waals surface area (Å²) in [5.74, 6) is -0.794. The lowest BCUT2D eigenvalue weighted by atomic mass is 9.92. The molecule has 1 aromatic heterocycles. The quantitative estimate of drug-likeness (QED) is 0.531. The normalized spacial score (nSPS) is 18.8. The van der Waals surface area contributed by atoms with Crippen LogP contribution in [0.4, 0.5) is 0 Å². The molecule has 0 saturated heterocycles. The van der Waals surface area contributed by atoms with E-state index in [-0.39, 0.29) is 23.8 Å². The Morgan fingerprint density at radius 1 is 1.20 bits per heavy atom. The van der Waals surface area contributed by atoms with Crippen molar-refractivity contribution in [2.75, 3.05) is 0 Å². The summed E-state index contributed by atoms with van der Waals surface area (Å²) in [7, 11) is 0. The average Bonchev–Trinajstić information content (AvgIpc) is 2.56. The first-order chi connectivity index (χ1) is 11.6. The minimum Gasteiger partial charge on any atom is -0.508 e. The van der Waals surface area contributed by atoms with Crippen LogP contribution in [0.15, 0.2) is 45.1 Å². The third-order valence-electron chi connectivity index (χ3n) is 4.39. The smallest absolute Gasteiger partial charge is 0.339 e. The molecule has 0 aromatic carbocycles. The molecule has 0 radical (unpaired) electrons. The van der Waals surface area contributed by atoms with Gasteiger partial charge in [0.05, 0.1) is 24.4 Å². The van der Waals surface area contributed by atoms with Crippen LogP contribution in [-0.4, -0.2) is 38.7 Å². The summed E-state index contributed by atoms with van der Waals surface area (Å²) in [5, 5.41) is 39.9. The van der Waals surface area contributed by atoms with Crippen LogP contribution < -0.4 is 5.63 Å². The highest BCUT2D eigenvalue weighted by Crippen LogP contribution is 2.19. The van der Waals surface area contributed by atoms with Gasteiger partial charge in [0, 0.05) is 24.3 Å². The van der Waals surface area contributed by atoms with Crippen LogP contribution in [0.5, 0.6) is 5.75 Å². The van der Waals surface area contributed by atoms with Gasteiger partial charge in [-0.2, -0.15) is 0 Å². The number of rotatable bonds is 8. The van der Waals surface area contributed by atoms with Crippen LogP contribution in [0, 0.1) is 11.8 Å². The van der Waals surface area contributed by atoms with E-state index in [2.05, 4.69) is 0 Å². The molecule has 1 heterocycles. The number of hydrogen-bond donors (Lipinski definition) is 4. The maximum absolute atomic E-state index is 11.2. The molecule has 1 aromatic rings. The maximum atomic E-state index is 11.2. The molecule has 0 amide bonds. The Hall–Kier alpha value is -1.89. The van der Waals surface area contributed by atoms with Gasteiger partial charge in [0.25, 0.3) is 0 Å². The van der Waals surface area contributed by atoms with E-state index < -0.39 is 29.9 Å². The minimum atomic E-state index is -0.970. The van der Waals surface area contributed by atoms with E-state index in [0.717, 1.165) is 11.6 Å². The van der Waals surface area contributed by atoms with Gasteiger partial charge in [-0.15, -0.1) is 0 Å². The predicted molar refractivity (Wildman–Crippen MR) is 95.3 cm³/mol. The fraction of sp³-hybridized carbons (Fsp3) is 0.526. The lowest BCUT2D eigenvalue weighted by molar-refractivity contribution is 0.0416. The lowest BCUT2D eigenvalue weighted by Crippen LogP contribution is -2.30. The Morgan fingerprint density at radius 3 is 2.40 bits per heavy atom. The molecular weight excluding hydrogens is 324 g/mol.